The molecule has 7 nitrogen and oxygen atoms in total. The molecule has 0 bridgehead atoms. The van der Waals surface area contributed by atoms with Crippen LogP contribution < -0.4 is 10.6 Å². The quantitative estimate of drug-likeness (QED) is 0.709. The van der Waals surface area contributed by atoms with Crippen LogP contribution in [0.25, 0.3) is 10.9 Å². The van der Waals surface area contributed by atoms with Crippen molar-refractivity contribution >= 4 is 28.6 Å². The number of hydrogen-bond donors (Lipinski definition) is 3. The Morgan fingerprint density at radius 1 is 1.38 bits per heavy atom. The third-order valence-electron chi connectivity index (χ3n) is 3.06. The molecule has 0 unspecified atom stereocenters. The Morgan fingerprint density at radius 2 is 2.19 bits per heavy atom. The van der Waals surface area contributed by atoms with Crippen LogP contribution in [0.4, 0.5) is 10.5 Å². The second kappa shape index (κ2) is 6.74. The molecule has 2 rings (SSSR count). The Labute approximate surface area is 121 Å². The van der Waals surface area contributed by atoms with Crippen LogP contribution in [-0.2, 0) is 11.3 Å². The van der Waals surface area contributed by atoms with Crippen molar-refractivity contribution in [3.63, 3.8) is 0 Å². The maximum Gasteiger partial charge on any atom is 0.319 e. The average molecular weight is 290 g/mol. The molecule has 2 aromatic rings. The fourth-order valence-corrected chi connectivity index (χ4v) is 2.02. The van der Waals surface area contributed by atoms with E-state index in [4.69, 9.17) is 5.11 Å². The Morgan fingerprint density at radius 3 is 2.90 bits per heavy atom. The van der Waals surface area contributed by atoms with Crippen LogP contribution in [0.1, 0.15) is 19.8 Å². The van der Waals surface area contributed by atoms with Gasteiger partial charge in [-0.05, 0) is 31.5 Å². The van der Waals surface area contributed by atoms with E-state index in [1.165, 1.54) is 0 Å². The van der Waals surface area contributed by atoms with Gasteiger partial charge in [-0.15, -0.1) is 0 Å². The standard InChI is InChI=1S/C14H18N4O3/c1-2-18-12-8-11(6-5-10(12)9-16-18)17-14(21)15-7-3-4-13(19)20/h5-6,8-9H,2-4,7H2,1H3,(H,19,20)(H2,15,17,21). The van der Waals surface area contributed by atoms with Gasteiger partial charge in [0.15, 0.2) is 0 Å². The molecule has 0 radical (unpaired) electrons. The minimum atomic E-state index is -0.865. The summed E-state index contributed by atoms with van der Waals surface area (Å²) in [5.41, 5.74) is 1.63. The van der Waals surface area contributed by atoms with Crippen molar-refractivity contribution in [2.45, 2.75) is 26.3 Å². The first kappa shape index (κ1) is 14.8. The third-order valence-corrected chi connectivity index (χ3v) is 3.06. The van der Waals surface area contributed by atoms with Crippen molar-refractivity contribution < 1.29 is 14.7 Å². The second-order valence-electron chi connectivity index (χ2n) is 4.61. The summed E-state index contributed by atoms with van der Waals surface area (Å²) in [6, 6.07) is 5.22. The lowest BCUT2D eigenvalue weighted by Gasteiger charge is -2.08. The van der Waals surface area contributed by atoms with Crippen LogP contribution in [0.15, 0.2) is 24.4 Å². The van der Waals surface area contributed by atoms with Crippen LogP contribution >= 0.6 is 0 Å². The minimum Gasteiger partial charge on any atom is -0.481 e. The summed E-state index contributed by atoms with van der Waals surface area (Å²) < 4.78 is 1.85. The van der Waals surface area contributed by atoms with Crippen LogP contribution in [0.3, 0.4) is 0 Å². The molecule has 7 heteroatoms. The first-order chi connectivity index (χ1) is 10.1. The van der Waals surface area contributed by atoms with Gasteiger partial charge in [-0.1, -0.05) is 0 Å². The molecule has 1 heterocycles. The van der Waals surface area contributed by atoms with E-state index in [1.807, 2.05) is 23.7 Å². The van der Waals surface area contributed by atoms with Crippen LogP contribution in [0.2, 0.25) is 0 Å². The molecular formula is C14H18N4O3. The van der Waals surface area contributed by atoms with Gasteiger partial charge in [-0.25, -0.2) is 4.79 Å². The van der Waals surface area contributed by atoms with Gasteiger partial charge in [0.1, 0.15) is 0 Å². The van der Waals surface area contributed by atoms with Gasteiger partial charge in [0.05, 0.1) is 11.7 Å². The van der Waals surface area contributed by atoms with Crippen LogP contribution in [0.5, 0.6) is 0 Å². The molecule has 0 aliphatic heterocycles. The van der Waals surface area contributed by atoms with E-state index in [9.17, 15) is 9.59 Å². The summed E-state index contributed by atoms with van der Waals surface area (Å²) >= 11 is 0. The number of nitrogens with one attached hydrogen (secondary N) is 2. The topological polar surface area (TPSA) is 96.3 Å². The maximum absolute atomic E-state index is 11.7. The average Bonchev–Trinajstić information content (AvgIpc) is 2.85. The lowest BCUT2D eigenvalue weighted by molar-refractivity contribution is -0.137. The van der Waals surface area contributed by atoms with E-state index in [1.54, 1.807) is 12.3 Å². The van der Waals surface area contributed by atoms with Crippen LogP contribution in [0, 0.1) is 0 Å². The van der Waals surface area contributed by atoms with E-state index >= 15 is 0 Å². The first-order valence-electron chi connectivity index (χ1n) is 6.82. The molecule has 0 aliphatic carbocycles. The van der Waals surface area contributed by atoms with Gasteiger partial charge < -0.3 is 15.7 Å². The SMILES string of the molecule is CCn1ncc2ccc(NC(=O)NCCCC(=O)O)cc21. The predicted octanol–water partition coefficient (Wildman–Crippen LogP) is 2.04. The first-order valence-corrected chi connectivity index (χ1v) is 6.82. The number of amides is 2. The molecule has 0 saturated heterocycles. The molecule has 0 fully saturated rings. The number of benzene rings is 1. The minimum absolute atomic E-state index is 0.0436. The highest BCUT2D eigenvalue weighted by Gasteiger charge is 2.05. The van der Waals surface area contributed by atoms with Gasteiger partial charge in [0.25, 0.3) is 0 Å². The summed E-state index contributed by atoms with van der Waals surface area (Å²) in [5, 5.41) is 19.1. The zero-order chi connectivity index (χ0) is 15.2. The number of carbonyl (C=O) groups is 2. The van der Waals surface area contributed by atoms with E-state index < -0.39 is 5.97 Å². The smallest absolute Gasteiger partial charge is 0.319 e. The van der Waals surface area contributed by atoms with Gasteiger partial charge in [-0.3, -0.25) is 9.48 Å². The number of nitrogens with zero attached hydrogens (tertiary/aromatic N) is 2. The summed E-state index contributed by atoms with van der Waals surface area (Å²) in [6.45, 7) is 3.09. The fraction of sp³-hybridized carbons (Fsp3) is 0.357. The molecule has 0 spiro atoms. The number of carboxylic acid groups (broad SMARTS) is 1. The fourth-order valence-electron chi connectivity index (χ4n) is 2.02. The molecule has 1 aromatic carbocycles. The zero-order valence-electron chi connectivity index (χ0n) is 11.8. The molecule has 112 valence electrons. The predicted molar refractivity (Wildman–Crippen MR) is 79.3 cm³/mol. The number of rotatable bonds is 6. The normalized spacial score (nSPS) is 10.5. The van der Waals surface area contributed by atoms with Crippen molar-refractivity contribution in [1.29, 1.82) is 0 Å². The number of anilines is 1. The van der Waals surface area contributed by atoms with Gasteiger partial charge in [0, 0.05) is 30.6 Å². The summed E-state index contributed by atoms with van der Waals surface area (Å²) in [5.74, 6) is -0.865. The number of aryl methyl sites for hydroxylation is 1. The number of carbonyl (C=O) groups excluding carboxylic acids is 1. The maximum atomic E-state index is 11.7. The Hall–Kier alpha value is -2.57. The Bertz CT molecular complexity index is 651. The Kier molecular flexibility index (Phi) is 4.76. The third kappa shape index (κ3) is 3.95. The van der Waals surface area contributed by atoms with Crippen molar-refractivity contribution in [2.75, 3.05) is 11.9 Å². The molecule has 1 aromatic heterocycles. The highest BCUT2D eigenvalue weighted by molar-refractivity contribution is 5.92. The number of aromatic nitrogens is 2. The molecule has 0 saturated carbocycles. The number of urea groups is 1. The van der Waals surface area contributed by atoms with Crippen molar-refractivity contribution in [3.8, 4) is 0 Å². The zero-order valence-corrected chi connectivity index (χ0v) is 11.8. The highest BCUT2D eigenvalue weighted by atomic mass is 16.4. The number of aliphatic carboxylic acids is 1. The van der Waals surface area contributed by atoms with E-state index in [-0.39, 0.29) is 12.5 Å². The monoisotopic (exact) mass is 290 g/mol. The molecule has 3 N–H and O–H groups in total. The van der Waals surface area contributed by atoms with E-state index in [2.05, 4.69) is 15.7 Å². The molecule has 21 heavy (non-hydrogen) atoms. The van der Waals surface area contributed by atoms with Crippen LogP contribution in [-0.4, -0.2) is 33.4 Å². The van der Waals surface area contributed by atoms with E-state index in [0.29, 0.717) is 18.7 Å². The summed E-state index contributed by atoms with van der Waals surface area (Å²) in [6.07, 6.45) is 2.24. The van der Waals surface area contributed by atoms with Crippen molar-refractivity contribution in [3.05, 3.63) is 24.4 Å². The largest absolute Gasteiger partial charge is 0.481 e. The molecule has 0 aliphatic rings. The lowest BCUT2D eigenvalue weighted by Crippen LogP contribution is -2.29. The second-order valence-corrected chi connectivity index (χ2v) is 4.61. The highest BCUT2D eigenvalue weighted by Crippen LogP contribution is 2.18. The Balaban J connectivity index is 1.93. The molecule has 0 atom stereocenters. The summed E-state index contributed by atoms with van der Waals surface area (Å²) in [4.78, 5) is 22.1. The lowest BCUT2D eigenvalue weighted by atomic mass is 10.2. The molecule has 2 amide bonds. The van der Waals surface area contributed by atoms with Gasteiger partial charge in [0.2, 0.25) is 0 Å². The van der Waals surface area contributed by atoms with E-state index in [0.717, 1.165) is 17.4 Å². The molecular weight excluding hydrogens is 272 g/mol. The van der Waals surface area contributed by atoms with Gasteiger partial charge >= 0.3 is 12.0 Å². The van der Waals surface area contributed by atoms with Gasteiger partial charge in [-0.2, -0.15) is 5.10 Å². The van der Waals surface area contributed by atoms with Crippen molar-refractivity contribution in [2.24, 2.45) is 0 Å². The summed E-state index contributed by atoms with van der Waals surface area (Å²) in [7, 11) is 0. The number of fused-ring (bicyclic) bond motifs is 1. The number of hydrogen-bond acceptors (Lipinski definition) is 3. The van der Waals surface area contributed by atoms with Crippen molar-refractivity contribution in [1.82, 2.24) is 15.1 Å². The number of carboxylic acids is 1.